The fraction of sp³-hybridized carbons (Fsp3) is 0.273. The van der Waals surface area contributed by atoms with Gasteiger partial charge in [0.25, 0.3) is 0 Å². The van der Waals surface area contributed by atoms with Crippen LogP contribution >= 0.6 is 0 Å². The molecule has 0 fully saturated rings. The zero-order valence-corrected chi connectivity index (χ0v) is 14.3. The second-order valence-corrected chi connectivity index (χ2v) is 5.94. The lowest BCUT2D eigenvalue weighted by atomic mass is 9.82. The maximum absolute atomic E-state index is 3.91. The first-order valence-electron chi connectivity index (χ1n) is 8.32. The Morgan fingerprint density at radius 1 is 1.00 bits per heavy atom. The Balaban J connectivity index is 2.29. The van der Waals surface area contributed by atoms with E-state index in [1.165, 1.54) is 11.1 Å². The van der Waals surface area contributed by atoms with Gasteiger partial charge in [-0.25, -0.2) is 0 Å². The summed E-state index contributed by atoms with van der Waals surface area (Å²) in [6, 6.07) is 21.3. The summed E-state index contributed by atoms with van der Waals surface area (Å²) >= 11 is 0. The van der Waals surface area contributed by atoms with E-state index in [9.17, 15) is 0 Å². The second kappa shape index (κ2) is 8.50. The van der Waals surface area contributed by atoms with Gasteiger partial charge in [0, 0.05) is 12.1 Å². The molecule has 0 amide bonds. The van der Waals surface area contributed by atoms with E-state index in [1.54, 1.807) is 0 Å². The highest BCUT2D eigenvalue weighted by Crippen LogP contribution is 2.35. The molecule has 2 rings (SSSR count). The monoisotopic (exact) mass is 305 g/mol. The van der Waals surface area contributed by atoms with Crippen LogP contribution in [0.3, 0.4) is 0 Å². The molecule has 1 nitrogen and oxygen atoms in total. The Morgan fingerprint density at radius 3 is 2.17 bits per heavy atom. The van der Waals surface area contributed by atoms with Crippen molar-refractivity contribution in [1.29, 1.82) is 0 Å². The van der Waals surface area contributed by atoms with Crippen LogP contribution in [0.4, 0.5) is 0 Å². The van der Waals surface area contributed by atoms with E-state index in [2.05, 4.69) is 98.3 Å². The molecule has 23 heavy (non-hydrogen) atoms. The Morgan fingerprint density at radius 2 is 1.61 bits per heavy atom. The first kappa shape index (κ1) is 17.2. The lowest BCUT2D eigenvalue weighted by Gasteiger charge is -2.41. The zero-order chi connectivity index (χ0) is 16.5. The van der Waals surface area contributed by atoms with E-state index in [4.69, 9.17) is 0 Å². The minimum atomic E-state index is 0.000725. The molecule has 2 aromatic rings. The number of benzene rings is 2. The molecule has 0 spiro atoms. The van der Waals surface area contributed by atoms with Gasteiger partial charge in [0.1, 0.15) is 0 Å². The smallest absolute Gasteiger partial charge is 0.0492 e. The van der Waals surface area contributed by atoms with Crippen molar-refractivity contribution >= 4 is 6.08 Å². The fourth-order valence-corrected chi connectivity index (χ4v) is 3.18. The van der Waals surface area contributed by atoms with E-state index >= 15 is 0 Å². The van der Waals surface area contributed by atoms with Crippen LogP contribution in [0.15, 0.2) is 79.4 Å². The summed E-state index contributed by atoms with van der Waals surface area (Å²) in [7, 11) is 2.19. The molecule has 1 atom stereocenters. The predicted octanol–water partition coefficient (Wildman–Crippen LogP) is 5.51. The van der Waals surface area contributed by atoms with Crippen LogP contribution in [-0.4, -0.2) is 18.5 Å². The Kier molecular flexibility index (Phi) is 6.37. The largest absolute Gasteiger partial charge is 0.293 e. The average molecular weight is 305 g/mol. The van der Waals surface area contributed by atoms with Gasteiger partial charge in [-0.15, -0.1) is 6.58 Å². The lowest BCUT2D eigenvalue weighted by molar-refractivity contribution is 0.129. The molecule has 0 aliphatic heterocycles. The Hall–Kier alpha value is -2.12. The molecule has 120 valence electrons. The van der Waals surface area contributed by atoms with Crippen LogP contribution < -0.4 is 0 Å². The van der Waals surface area contributed by atoms with Gasteiger partial charge in [-0.2, -0.15) is 0 Å². The number of rotatable bonds is 8. The molecular formula is C22H27N. The lowest BCUT2D eigenvalue weighted by Crippen LogP contribution is -2.43. The summed E-state index contributed by atoms with van der Waals surface area (Å²) in [5.41, 5.74) is 2.61. The van der Waals surface area contributed by atoms with Gasteiger partial charge in [-0.05, 0) is 31.0 Å². The minimum absolute atomic E-state index is 0.000725. The topological polar surface area (TPSA) is 3.24 Å². The predicted molar refractivity (Wildman–Crippen MR) is 101 cm³/mol. The highest BCUT2D eigenvalue weighted by molar-refractivity contribution is 5.49. The van der Waals surface area contributed by atoms with Crippen LogP contribution in [-0.2, 0) is 5.54 Å². The van der Waals surface area contributed by atoms with Gasteiger partial charge in [0.05, 0.1) is 0 Å². The second-order valence-electron chi connectivity index (χ2n) is 5.94. The Labute approximate surface area is 141 Å². The van der Waals surface area contributed by atoms with Crippen molar-refractivity contribution in [1.82, 2.24) is 4.90 Å². The third-order valence-corrected chi connectivity index (χ3v) is 4.60. The normalized spacial score (nSPS) is 14.0. The summed E-state index contributed by atoms with van der Waals surface area (Å²) in [5, 5.41) is 0. The molecule has 0 saturated heterocycles. The molecule has 0 radical (unpaired) electrons. The highest BCUT2D eigenvalue weighted by Gasteiger charge is 2.32. The summed E-state index contributed by atoms with van der Waals surface area (Å²) in [4.78, 5) is 2.41. The summed E-state index contributed by atoms with van der Waals surface area (Å²) in [6.07, 6.45) is 8.53. The fourth-order valence-electron chi connectivity index (χ4n) is 3.18. The molecule has 0 heterocycles. The molecule has 0 aliphatic rings. The number of hydrogen-bond donors (Lipinski definition) is 0. The van der Waals surface area contributed by atoms with Gasteiger partial charge < -0.3 is 0 Å². The maximum Gasteiger partial charge on any atom is 0.0492 e. The van der Waals surface area contributed by atoms with Crippen molar-refractivity contribution in [2.75, 3.05) is 13.6 Å². The van der Waals surface area contributed by atoms with Crippen molar-refractivity contribution in [2.45, 2.75) is 25.3 Å². The average Bonchev–Trinajstić information content (AvgIpc) is 2.61. The van der Waals surface area contributed by atoms with E-state index in [-0.39, 0.29) is 5.54 Å². The van der Waals surface area contributed by atoms with Gasteiger partial charge in [0.15, 0.2) is 0 Å². The van der Waals surface area contributed by atoms with Gasteiger partial charge >= 0.3 is 0 Å². The van der Waals surface area contributed by atoms with E-state index in [1.807, 2.05) is 6.08 Å². The first-order valence-corrected chi connectivity index (χ1v) is 8.32. The van der Waals surface area contributed by atoms with Crippen molar-refractivity contribution in [2.24, 2.45) is 0 Å². The number of likely N-dealkylation sites (N-methyl/N-ethyl adjacent to an activating group) is 1. The summed E-state index contributed by atoms with van der Waals surface area (Å²) in [6.45, 7) is 7.05. The van der Waals surface area contributed by atoms with Gasteiger partial charge in [-0.3, -0.25) is 4.90 Å². The van der Waals surface area contributed by atoms with E-state index < -0.39 is 0 Å². The molecule has 0 N–H and O–H groups in total. The number of nitrogens with zero attached hydrogens (tertiary/aromatic N) is 1. The highest BCUT2D eigenvalue weighted by atomic mass is 15.2. The van der Waals surface area contributed by atoms with Crippen molar-refractivity contribution in [3.8, 4) is 0 Å². The first-order chi connectivity index (χ1) is 11.2. The van der Waals surface area contributed by atoms with E-state index in [0.29, 0.717) is 0 Å². The van der Waals surface area contributed by atoms with Gasteiger partial charge in [-0.1, -0.05) is 85.8 Å². The standard InChI is InChI=1S/C22H27N/c1-4-19-23(3)22(5-2,21-16-10-7-11-17-21)18-12-15-20-13-8-6-9-14-20/h4,6-17H,1,5,18-19H2,2-3H3. The summed E-state index contributed by atoms with van der Waals surface area (Å²) < 4.78 is 0. The molecule has 2 aromatic carbocycles. The maximum atomic E-state index is 3.91. The zero-order valence-electron chi connectivity index (χ0n) is 14.3. The third-order valence-electron chi connectivity index (χ3n) is 4.60. The molecule has 0 saturated carbocycles. The van der Waals surface area contributed by atoms with Crippen LogP contribution in [0.5, 0.6) is 0 Å². The molecule has 1 heteroatoms. The van der Waals surface area contributed by atoms with Crippen LogP contribution in [0.1, 0.15) is 30.9 Å². The molecular weight excluding hydrogens is 278 g/mol. The van der Waals surface area contributed by atoms with Crippen LogP contribution in [0.25, 0.3) is 6.08 Å². The van der Waals surface area contributed by atoms with E-state index in [0.717, 1.165) is 19.4 Å². The quantitative estimate of drug-likeness (QED) is 0.581. The third kappa shape index (κ3) is 4.20. The molecule has 0 aromatic heterocycles. The minimum Gasteiger partial charge on any atom is -0.293 e. The van der Waals surface area contributed by atoms with Gasteiger partial charge in [0.2, 0.25) is 0 Å². The van der Waals surface area contributed by atoms with Crippen molar-refractivity contribution in [3.63, 3.8) is 0 Å². The van der Waals surface area contributed by atoms with Crippen molar-refractivity contribution in [3.05, 3.63) is 90.5 Å². The molecule has 0 aliphatic carbocycles. The van der Waals surface area contributed by atoms with Crippen LogP contribution in [0.2, 0.25) is 0 Å². The summed E-state index contributed by atoms with van der Waals surface area (Å²) in [5.74, 6) is 0. The SMILES string of the molecule is C=CCN(C)C(CC)(CC=Cc1ccccc1)c1ccccc1. The number of hydrogen-bond acceptors (Lipinski definition) is 1. The Bertz CT molecular complexity index is 615. The molecule has 0 bridgehead atoms. The molecule has 1 unspecified atom stereocenters. The van der Waals surface area contributed by atoms with Crippen molar-refractivity contribution < 1.29 is 0 Å². The van der Waals surface area contributed by atoms with Crippen LogP contribution in [0, 0.1) is 0 Å².